The third kappa shape index (κ3) is 3.26. The van der Waals surface area contributed by atoms with Gasteiger partial charge in [-0.15, -0.1) is 5.10 Å². The molecule has 0 saturated carbocycles. The number of aromatic nitrogens is 2. The maximum atomic E-state index is 5.67. The second kappa shape index (κ2) is 5.75. The smallest absolute Gasteiger partial charge is 0.163 e. The molecule has 0 saturated heterocycles. The third-order valence-corrected chi connectivity index (χ3v) is 3.02. The number of hydrogen-bond acceptors (Lipinski definition) is 4. The molecule has 0 radical (unpaired) electrons. The molecule has 0 amide bonds. The van der Waals surface area contributed by atoms with Crippen LogP contribution in [0.1, 0.15) is 30.9 Å². The van der Waals surface area contributed by atoms with Gasteiger partial charge in [-0.1, -0.05) is 38.2 Å². The van der Waals surface area contributed by atoms with Crippen LogP contribution in [0, 0.1) is 0 Å². The Morgan fingerprint density at radius 1 is 1.32 bits per heavy atom. The summed E-state index contributed by atoms with van der Waals surface area (Å²) in [6.07, 6.45) is 1.57. The minimum absolute atomic E-state index is 0.303. The molecule has 0 fully saturated rings. The van der Waals surface area contributed by atoms with Gasteiger partial charge < -0.3 is 11.1 Å². The molecule has 0 aliphatic heterocycles. The van der Waals surface area contributed by atoms with E-state index >= 15 is 0 Å². The number of nitrogens with two attached hydrogens (primary N) is 1. The van der Waals surface area contributed by atoms with Gasteiger partial charge in [0.2, 0.25) is 0 Å². The summed E-state index contributed by atoms with van der Waals surface area (Å²) in [6, 6.07) is 9.92. The van der Waals surface area contributed by atoms with Crippen LogP contribution in [0.3, 0.4) is 0 Å². The van der Waals surface area contributed by atoms with Gasteiger partial charge in [0.25, 0.3) is 0 Å². The molecule has 1 aromatic heterocycles. The lowest BCUT2D eigenvalue weighted by Crippen LogP contribution is -2.13. The predicted octanol–water partition coefficient (Wildman–Crippen LogP) is 2.98. The molecule has 0 bridgehead atoms. The zero-order chi connectivity index (χ0) is 13.8. The van der Waals surface area contributed by atoms with Crippen molar-refractivity contribution < 1.29 is 0 Å². The summed E-state index contributed by atoms with van der Waals surface area (Å²) in [4.78, 5) is 0.303. The van der Waals surface area contributed by atoms with Crippen molar-refractivity contribution >= 4 is 28.7 Å². The van der Waals surface area contributed by atoms with E-state index in [1.165, 1.54) is 5.56 Å². The number of hydrogen-bond donors (Lipinski definition) is 2. The van der Waals surface area contributed by atoms with E-state index < -0.39 is 0 Å². The Morgan fingerprint density at radius 2 is 2.11 bits per heavy atom. The molecule has 0 aliphatic carbocycles. The van der Waals surface area contributed by atoms with Crippen molar-refractivity contribution in [2.45, 2.75) is 19.8 Å². The van der Waals surface area contributed by atoms with Crippen LogP contribution in [0.4, 0.5) is 11.5 Å². The lowest BCUT2D eigenvalue weighted by molar-refractivity contribution is 0.867. The van der Waals surface area contributed by atoms with Crippen LogP contribution in [0.15, 0.2) is 36.5 Å². The molecule has 0 aliphatic rings. The Kier molecular flexibility index (Phi) is 4.06. The van der Waals surface area contributed by atoms with E-state index in [9.17, 15) is 0 Å². The van der Waals surface area contributed by atoms with Gasteiger partial charge in [-0.2, -0.15) is 5.10 Å². The normalized spacial score (nSPS) is 10.5. The van der Waals surface area contributed by atoms with E-state index in [0.29, 0.717) is 22.3 Å². The molecule has 0 unspecified atom stereocenters. The van der Waals surface area contributed by atoms with Crippen molar-refractivity contribution in [3.63, 3.8) is 0 Å². The average molecular weight is 272 g/mol. The highest BCUT2D eigenvalue weighted by Crippen LogP contribution is 2.22. The predicted molar refractivity (Wildman–Crippen MR) is 81.7 cm³/mol. The topological polar surface area (TPSA) is 63.8 Å². The number of nitrogens with zero attached hydrogens (tertiary/aromatic N) is 2. The van der Waals surface area contributed by atoms with E-state index in [1.54, 1.807) is 12.3 Å². The highest BCUT2D eigenvalue weighted by Gasteiger charge is 2.07. The maximum Gasteiger partial charge on any atom is 0.163 e. The van der Waals surface area contributed by atoms with Crippen LogP contribution >= 0.6 is 12.2 Å². The van der Waals surface area contributed by atoms with Gasteiger partial charge in [0.05, 0.1) is 11.8 Å². The fourth-order valence-electron chi connectivity index (χ4n) is 1.74. The standard InChI is InChI=1S/C14H16N4S/c1-9(2)10-4-3-5-11(8-10)17-14-12(13(15)19)6-7-16-18-14/h3-9H,1-2H3,(H2,15,19)(H,17,18). The number of nitrogens with one attached hydrogen (secondary N) is 1. The van der Waals surface area contributed by atoms with Gasteiger partial charge in [-0.05, 0) is 29.7 Å². The summed E-state index contributed by atoms with van der Waals surface area (Å²) in [7, 11) is 0. The van der Waals surface area contributed by atoms with Gasteiger partial charge in [0.15, 0.2) is 5.82 Å². The van der Waals surface area contributed by atoms with Gasteiger partial charge in [-0.25, -0.2) is 0 Å². The molecular weight excluding hydrogens is 256 g/mol. The second-order valence-electron chi connectivity index (χ2n) is 4.56. The van der Waals surface area contributed by atoms with Crippen molar-refractivity contribution in [3.05, 3.63) is 47.7 Å². The average Bonchev–Trinajstić information content (AvgIpc) is 2.39. The number of rotatable bonds is 4. The summed E-state index contributed by atoms with van der Waals surface area (Å²) in [5, 5.41) is 11.1. The summed E-state index contributed by atoms with van der Waals surface area (Å²) in [5.41, 5.74) is 8.57. The molecule has 3 N–H and O–H groups in total. The monoisotopic (exact) mass is 272 g/mol. The van der Waals surface area contributed by atoms with Crippen LogP contribution in [0.5, 0.6) is 0 Å². The fourth-order valence-corrected chi connectivity index (χ4v) is 1.90. The third-order valence-electron chi connectivity index (χ3n) is 2.80. The summed E-state index contributed by atoms with van der Waals surface area (Å²) in [6.45, 7) is 4.31. The molecular formula is C14H16N4S. The van der Waals surface area contributed by atoms with E-state index in [2.05, 4.69) is 41.5 Å². The zero-order valence-electron chi connectivity index (χ0n) is 10.9. The lowest BCUT2D eigenvalue weighted by atomic mass is 10.0. The molecule has 4 nitrogen and oxygen atoms in total. The van der Waals surface area contributed by atoms with Crippen LogP contribution in [0.2, 0.25) is 0 Å². The van der Waals surface area contributed by atoms with Crippen molar-refractivity contribution in [2.24, 2.45) is 5.73 Å². The highest BCUT2D eigenvalue weighted by molar-refractivity contribution is 7.80. The number of anilines is 2. The van der Waals surface area contributed by atoms with E-state index in [1.807, 2.05) is 12.1 Å². The largest absolute Gasteiger partial charge is 0.389 e. The second-order valence-corrected chi connectivity index (χ2v) is 5.00. The highest BCUT2D eigenvalue weighted by atomic mass is 32.1. The van der Waals surface area contributed by atoms with Crippen molar-refractivity contribution in [1.82, 2.24) is 10.2 Å². The molecule has 19 heavy (non-hydrogen) atoms. The minimum atomic E-state index is 0.303. The first-order chi connectivity index (χ1) is 9.08. The summed E-state index contributed by atoms with van der Waals surface area (Å²) >= 11 is 5.00. The Hall–Kier alpha value is -2.01. The van der Waals surface area contributed by atoms with Crippen molar-refractivity contribution in [2.75, 3.05) is 5.32 Å². The van der Waals surface area contributed by atoms with Gasteiger partial charge >= 0.3 is 0 Å². The Balaban J connectivity index is 2.31. The minimum Gasteiger partial charge on any atom is -0.389 e. The number of benzene rings is 1. The SMILES string of the molecule is CC(C)c1cccc(Nc2nnccc2C(N)=S)c1. The zero-order valence-corrected chi connectivity index (χ0v) is 11.7. The van der Waals surface area contributed by atoms with E-state index in [4.69, 9.17) is 18.0 Å². The maximum absolute atomic E-state index is 5.67. The first kappa shape index (κ1) is 13.4. The Bertz CT molecular complexity index is 596. The van der Waals surface area contributed by atoms with Crippen molar-refractivity contribution in [1.29, 1.82) is 0 Å². The van der Waals surface area contributed by atoms with Gasteiger partial charge in [-0.3, -0.25) is 0 Å². The quantitative estimate of drug-likeness (QED) is 0.838. The van der Waals surface area contributed by atoms with Crippen molar-refractivity contribution in [3.8, 4) is 0 Å². The lowest BCUT2D eigenvalue weighted by Gasteiger charge is -2.11. The van der Waals surface area contributed by atoms with Crippen LogP contribution in [-0.2, 0) is 0 Å². The molecule has 1 aromatic carbocycles. The van der Waals surface area contributed by atoms with E-state index in [0.717, 1.165) is 5.69 Å². The fraction of sp³-hybridized carbons (Fsp3) is 0.214. The van der Waals surface area contributed by atoms with E-state index in [-0.39, 0.29) is 0 Å². The molecule has 98 valence electrons. The Labute approximate surface area is 118 Å². The molecule has 2 aromatic rings. The number of thiocarbonyl (C=S) groups is 1. The molecule has 5 heteroatoms. The molecule has 0 spiro atoms. The van der Waals surface area contributed by atoms with Crippen LogP contribution in [-0.4, -0.2) is 15.2 Å². The first-order valence-corrected chi connectivity index (χ1v) is 6.47. The Morgan fingerprint density at radius 3 is 2.79 bits per heavy atom. The van der Waals surface area contributed by atoms with Crippen LogP contribution < -0.4 is 11.1 Å². The van der Waals surface area contributed by atoms with Crippen LogP contribution in [0.25, 0.3) is 0 Å². The summed E-state index contributed by atoms with van der Waals surface area (Å²) in [5.74, 6) is 1.05. The molecule has 2 rings (SSSR count). The summed E-state index contributed by atoms with van der Waals surface area (Å²) < 4.78 is 0. The molecule has 0 atom stereocenters. The van der Waals surface area contributed by atoms with Gasteiger partial charge in [0.1, 0.15) is 4.99 Å². The first-order valence-electron chi connectivity index (χ1n) is 6.06. The molecule has 1 heterocycles. The van der Waals surface area contributed by atoms with Gasteiger partial charge in [0, 0.05) is 5.69 Å².